The van der Waals surface area contributed by atoms with E-state index in [2.05, 4.69) is 0 Å². The van der Waals surface area contributed by atoms with Crippen LogP contribution >= 0.6 is 0 Å². The summed E-state index contributed by atoms with van der Waals surface area (Å²) in [5.74, 6) is 0.290. The molecule has 2 aromatic rings. The molecular formula is C18H19NO4S. The second kappa shape index (κ2) is 5.31. The van der Waals surface area contributed by atoms with Crippen LogP contribution in [-0.4, -0.2) is 25.3 Å². The van der Waals surface area contributed by atoms with Crippen LogP contribution in [0.15, 0.2) is 47.4 Å². The first-order valence-corrected chi connectivity index (χ1v) is 9.60. The fourth-order valence-corrected chi connectivity index (χ4v) is 5.32. The molecule has 126 valence electrons. The SMILES string of the molecule is NC1CCc2cc3ccc2C1(O)CS(=O)(=O)c1cccc(c1)CO3. The van der Waals surface area contributed by atoms with Crippen molar-refractivity contribution in [1.29, 1.82) is 0 Å². The quantitative estimate of drug-likeness (QED) is 0.755. The summed E-state index contributed by atoms with van der Waals surface area (Å²) in [6, 6.07) is 11.4. The minimum Gasteiger partial charge on any atom is -0.489 e. The van der Waals surface area contributed by atoms with E-state index in [1.54, 1.807) is 30.3 Å². The van der Waals surface area contributed by atoms with E-state index < -0.39 is 27.2 Å². The third kappa shape index (κ3) is 2.42. The second-order valence-electron chi connectivity index (χ2n) is 6.58. The Hall–Kier alpha value is -1.89. The van der Waals surface area contributed by atoms with Crippen LogP contribution in [0.5, 0.6) is 5.75 Å². The molecule has 2 aromatic carbocycles. The van der Waals surface area contributed by atoms with Crippen molar-refractivity contribution in [3.63, 3.8) is 0 Å². The van der Waals surface area contributed by atoms with E-state index in [0.29, 0.717) is 30.8 Å². The van der Waals surface area contributed by atoms with Crippen LogP contribution in [0.25, 0.3) is 0 Å². The van der Waals surface area contributed by atoms with Gasteiger partial charge in [0, 0.05) is 6.04 Å². The van der Waals surface area contributed by atoms with Crippen molar-refractivity contribution in [3.8, 4) is 5.75 Å². The summed E-state index contributed by atoms with van der Waals surface area (Å²) in [6.45, 7) is 0.298. The summed E-state index contributed by atoms with van der Waals surface area (Å²) in [6.07, 6.45) is 1.23. The predicted octanol–water partition coefficient (Wildman–Crippen LogP) is 1.51. The third-order valence-electron chi connectivity index (χ3n) is 4.95. The van der Waals surface area contributed by atoms with Crippen LogP contribution in [0.1, 0.15) is 23.1 Å². The Bertz CT molecular complexity index is 909. The number of rotatable bonds is 0. The summed E-state index contributed by atoms with van der Waals surface area (Å²) in [4.78, 5) is 0.186. The van der Waals surface area contributed by atoms with Crippen LogP contribution in [-0.2, 0) is 28.5 Å². The number of hydrogen-bond acceptors (Lipinski definition) is 5. The Morgan fingerprint density at radius 3 is 2.88 bits per heavy atom. The Morgan fingerprint density at radius 2 is 2.04 bits per heavy atom. The zero-order chi connectivity index (χ0) is 16.9. The summed E-state index contributed by atoms with van der Waals surface area (Å²) >= 11 is 0. The third-order valence-corrected chi connectivity index (χ3v) is 6.75. The van der Waals surface area contributed by atoms with E-state index in [1.807, 2.05) is 12.1 Å². The normalized spacial score (nSPS) is 27.7. The molecule has 2 unspecified atom stereocenters. The first-order valence-electron chi connectivity index (χ1n) is 7.94. The Balaban J connectivity index is 1.95. The molecule has 0 saturated carbocycles. The molecule has 2 aliphatic heterocycles. The monoisotopic (exact) mass is 345 g/mol. The Kier molecular flexibility index (Phi) is 3.46. The van der Waals surface area contributed by atoms with Gasteiger partial charge in [-0.2, -0.15) is 0 Å². The van der Waals surface area contributed by atoms with E-state index in [0.717, 1.165) is 11.1 Å². The lowest BCUT2D eigenvalue weighted by Gasteiger charge is -2.39. The van der Waals surface area contributed by atoms with Crippen LogP contribution in [0.2, 0.25) is 0 Å². The number of benzene rings is 2. The molecule has 0 fully saturated rings. The largest absolute Gasteiger partial charge is 0.489 e. The molecule has 2 atom stereocenters. The van der Waals surface area contributed by atoms with Gasteiger partial charge in [-0.05, 0) is 53.8 Å². The fourth-order valence-electron chi connectivity index (χ4n) is 3.59. The van der Waals surface area contributed by atoms with Crippen molar-refractivity contribution >= 4 is 9.84 Å². The molecule has 6 heteroatoms. The average molecular weight is 345 g/mol. The van der Waals surface area contributed by atoms with E-state index in [1.165, 1.54) is 0 Å². The van der Waals surface area contributed by atoms with Gasteiger partial charge in [0.2, 0.25) is 0 Å². The van der Waals surface area contributed by atoms with Gasteiger partial charge < -0.3 is 15.6 Å². The van der Waals surface area contributed by atoms with Crippen molar-refractivity contribution in [2.45, 2.75) is 36.0 Å². The lowest BCUT2D eigenvalue weighted by molar-refractivity contribution is 0.0222. The van der Waals surface area contributed by atoms with Gasteiger partial charge in [0.05, 0.1) is 10.6 Å². The molecule has 0 aromatic heterocycles. The van der Waals surface area contributed by atoms with Crippen molar-refractivity contribution in [3.05, 3.63) is 59.2 Å². The van der Waals surface area contributed by atoms with Crippen molar-refractivity contribution in [2.75, 3.05) is 5.75 Å². The van der Waals surface area contributed by atoms with Gasteiger partial charge in [0.1, 0.15) is 18.0 Å². The standard InChI is InChI=1S/C18H19NO4S/c19-17-7-4-13-9-14-5-6-16(13)18(17,20)11-24(21,22)15-3-1-2-12(8-15)10-23-14/h1-3,5-6,8-9,17,20H,4,7,10-11,19H2. The smallest absolute Gasteiger partial charge is 0.181 e. The number of hydrogen-bond donors (Lipinski definition) is 2. The van der Waals surface area contributed by atoms with E-state index in [-0.39, 0.29) is 4.90 Å². The number of fused-ring (bicyclic) bond motifs is 3. The molecule has 0 saturated heterocycles. The number of nitrogens with two attached hydrogens (primary N) is 1. The Labute approximate surface area is 141 Å². The van der Waals surface area contributed by atoms with Crippen molar-refractivity contribution in [1.82, 2.24) is 0 Å². The van der Waals surface area contributed by atoms with Crippen molar-refractivity contribution in [2.24, 2.45) is 5.73 Å². The number of sulfone groups is 1. The maximum absolute atomic E-state index is 12.9. The molecule has 0 amide bonds. The molecule has 6 bridgehead atoms. The molecular weight excluding hydrogens is 326 g/mol. The molecule has 2 heterocycles. The lowest BCUT2D eigenvalue weighted by Crippen LogP contribution is -2.53. The van der Waals surface area contributed by atoms with Gasteiger partial charge in [0.25, 0.3) is 0 Å². The maximum atomic E-state index is 12.9. The van der Waals surface area contributed by atoms with Gasteiger partial charge in [-0.3, -0.25) is 0 Å². The van der Waals surface area contributed by atoms with Gasteiger partial charge >= 0.3 is 0 Å². The maximum Gasteiger partial charge on any atom is 0.181 e. The van der Waals surface area contributed by atoms with Gasteiger partial charge in [-0.1, -0.05) is 18.2 Å². The molecule has 0 radical (unpaired) electrons. The summed E-state index contributed by atoms with van der Waals surface area (Å²) in [5.41, 5.74) is 6.81. The van der Waals surface area contributed by atoms with Crippen LogP contribution in [0.4, 0.5) is 0 Å². The minimum absolute atomic E-state index is 0.186. The van der Waals surface area contributed by atoms with Gasteiger partial charge in [-0.25, -0.2) is 8.42 Å². The molecule has 5 rings (SSSR count). The highest BCUT2D eigenvalue weighted by Crippen LogP contribution is 2.39. The highest BCUT2D eigenvalue weighted by atomic mass is 32.2. The lowest BCUT2D eigenvalue weighted by atomic mass is 9.77. The topological polar surface area (TPSA) is 89.6 Å². The summed E-state index contributed by atoms with van der Waals surface area (Å²) in [7, 11) is -3.69. The van der Waals surface area contributed by atoms with Gasteiger partial charge in [-0.15, -0.1) is 0 Å². The summed E-state index contributed by atoms with van der Waals surface area (Å²) in [5, 5.41) is 11.2. The van der Waals surface area contributed by atoms with E-state index in [9.17, 15) is 13.5 Å². The zero-order valence-electron chi connectivity index (χ0n) is 13.1. The van der Waals surface area contributed by atoms with Crippen LogP contribution < -0.4 is 10.5 Å². The second-order valence-corrected chi connectivity index (χ2v) is 8.57. The van der Waals surface area contributed by atoms with Crippen LogP contribution in [0.3, 0.4) is 0 Å². The fraction of sp³-hybridized carbons (Fsp3) is 0.333. The van der Waals surface area contributed by atoms with Gasteiger partial charge in [0.15, 0.2) is 9.84 Å². The van der Waals surface area contributed by atoms with Crippen molar-refractivity contribution < 1.29 is 18.3 Å². The van der Waals surface area contributed by atoms with Crippen LogP contribution in [0, 0.1) is 0 Å². The molecule has 5 nitrogen and oxygen atoms in total. The summed E-state index contributed by atoms with van der Waals surface area (Å²) < 4.78 is 31.6. The molecule has 1 aliphatic carbocycles. The highest BCUT2D eigenvalue weighted by Gasteiger charge is 2.45. The first kappa shape index (κ1) is 15.6. The Morgan fingerprint density at radius 1 is 1.21 bits per heavy atom. The molecule has 0 spiro atoms. The predicted molar refractivity (Wildman–Crippen MR) is 89.5 cm³/mol. The highest BCUT2D eigenvalue weighted by molar-refractivity contribution is 7.91. The average Bonchev–Trinajstić information content (AvgIpc) is 2.56. The number of ether oxygens (including phenoxy) is 1. The zero-order valence-corrected chi connectivity index (χ0v) is 13.9. The van der Waals surface area contributed by atoms with E-state index >= 15 is 0 Å². The molecule has 24 heavy (non-hydrogen) atoms. The minimum atomic E-state index is -3.69. The molecule has 3 N–H and O–H groups in total. The number of aliphatic hydroxyl groups is 1. The number of aryl methyl sites for hydroxylation is 1. The first-order chi connectivity index (χ1) is 11.4. The van der Waals surface area contributed by atoms with E-state index in [4.69, 9.17) is 10.5 Å². The molecule has 3 aliphatic rings.